The van der Waals surface area contributed by atoms with Crippen molar-refractivity contribution in [2.75, 3.05) is 0 Å². The molecule has 1 N–H and O–H groups in total. The van der Waals surface area contributed by atoms with Crippen LogP contribution < -0.4 is 5.32 Å². The lowest BCUT2D eigenvalue weighted by Gasteiger charge is -2.24. The lowest BCUT2D eigenvalue weighted by atomic mass is 10.0. The van der Waals surface area contributed by atoms with Crippen LogP contribution >= 0.6 is 11.3 Å². The number of rotatable bonds is 5. The number of para-hydroxylation sites is 1. The van der Waals surface area contributed by atoms with Crippen LogP contribution in [0, 0.1) is 0 Å². The molecule has 4 nitrogen and oxygen atoms in total. The maximum atomic E-state index is 5.23. The first-order chi connectivity index (χ1) is 24.8. The monoisotopic (exact) mass is 658 g/mol. The average Bonchev–Trinajstić information content (AvgIpc) is 3.74. The number of aliphatic imine (C=N–C) groups is 2. The zero-order valence-electron chi connectivity index (χ0n) is 27.0. The van der Waals surface area contributed by atoms with E-state index in [0.717, 1.165) is 28.2 Å². The van der Waals surface area contributed by atoms with Crippen LogP contribution in [0.1, 0.15) is 22.9 Å². The number of amidine groups is 2. The Morgan fingerprint density at radius 1 is 0.500 bits per heavy atom. The van der Waals surface area contributed by atoms with Gasteiger partial charge in [0.1, 0.15) is 12.0 Å². The van der Waals surface area contributed by atoms with Crippen molar-refractivity contribution < 1.29 is 0 Å². The summed E-state index contributed by atoms with van der Waals surface area (Å²) in [6.07, 6.45) is -0.292. The van der Waals surface area contributed by atoms with Crippen LogP contribution in [0.4, 0.5) is 0 Å². The number of fused-ring (bicyclic) bond motifs is 7. The van der Waals surface area contributed by atoms with E-state index in [1.54, 1.807) is 0 Å². The highest BCUT2D eigenvalue weighted by atomic mass is 32.1. The predicted molar refractivity (Wildman–Crippen MR) is 211 cm³/mol. The molecule has 0 spiro atoms. The van der Waals surface area contributed by atoms with Crippen molar-refractivity contribution in [2.24, 2.45) is 9.98 Å². The highest BCUT2D eigenvalue weighted by Crippen LogP contribution is 2.43. The summed E-state index contributed by atoms with van der Waals surface area (Å²) in [7, 11) is 0. The molecule has 0 amide bonds. The quantitative estimate of drug-likeness (QED) is 0.196. The van der Waals surface area contributed by atoms with Gasteiger partial charge >= 0.3 is 0 Å². The molecule has 0 saturated heterocycles. The molecule has 3 heterocycles. The molecule has 236 valence electrons. The van der Waals surface area contributed by atoms with Gasteiger partial charge in [-0.15, -0.1) is 11.3 Å². The van der Waals surface area contributed by atoms with Crippen LogP contribution in [0.15, 0.2) is 180 Å². The fraction of sp³-hybridized carbons (Fsp3) is 0.0222. The number of hydrogen-bond acceptors (Lipinski definition) is 4. The highest BCUT2D eigenvalue weighted by molar-refractivity contribution is 7.26. The van der Waals surface area contributed by atoms with E-state index in [0.29, 0.717) is 5.84 Å². The SMILES string of the molecule is c1ccc(C2=NC(c3cccc(-n4c5ccccc5c5c6c(ccc54)sc4ccccc46)c3)=NC(c3ccc(-c4ccccc4)cc3)N2)cc1. The van der Waals surface area contributed by atoms with Gasteiger partial charge in [0.05, 0.1) is 11.0 Å². The first-order valence-electron chi connectivity index (χ1n) is 16.9. The molecule has 1 aliphatic heterocycles. The van der Waals surface area contributed by atoms with Gasteiger partial charge in [0, 0.05) is 47.8 Å². The minimum absolute atomic E-state index is 0.292. The van der Waals surface area contributed by atoms with Gasteiger partial charge in [0.25, 0.3) is 0 Å². The van der Waals surface area contributed by atoms with Crippen molar-refractivity contribution in [2.45, 2.75) is 6.17 Å². The molecule has 0 bridgehead atoms. The first kappa shape index (κ1) is 28.7. The van der Waals surface area contributed by atoms with Crippen LogP contribution in [0.3, 0.4) is 0 Å². The Bertz CT molecular complexity index is 2770. The molecular formula is C45H30N4S. The van der Waals surface area contributed by atoms with Gasteiger partial charge in [-0.25, -0.2) is 9.98 Å². The number of nitrogens with zero attached hydrogens (tertiary/aromatic N) is 3. The third-order valence-corrected chi connectivity index (χ3v) is 10.8. The third-order valence-electron chi connectivity index (χ3n) is 9.66. The van der Waals surface area contributed by atoms with E-state index >= 15 is 0 Å². The summed E-state index contributed by atoms with van der Waals surface area (Å²) in [5.74, 6) is 1.51. The number of aromatic nitrogens is 1. The van der Waals surface area contributed by atoms with E-state index in [9.17, 15) is 0 Å². The molecule has 2 aromatic heterocycles. The van der Waals surface area contributed by atoms with Gasteiger partial charge in [0.2, 0.25) is 0 Å². The molecule has 0 aliphatic carbocycles. The molecule has 1 aliphatic rings. The van der Waals surface area contributed by atoms with E-state index in [1.807, 2.05) is 35.6 Å². The Labute approximate surface area is 293 Å². The standard InChI is InChI=1S/C45H30N4S/c1-3-12-29(13-4-1)30-22-24-32(25-23-30)44-46-43(31-14-5-2-6-15-31)47-45(48-44)33-16-11-17-34(28-33)49-37-20-9-7-18-35(37)41-38(49)26-27-40-42(41)36-19-8-10-21-39(36)50-40/h1-28,44H,(H,46,47,48). The van der Waals surface area contributed by atoms with E-state index < -0.39 is 0 Å². The largest absolute Gasteiger partial charge is 0.344 e. The molecule has 0 fully saturated rings. The van der Waals surface area contributed by atoms with E-state index in [2.05, 4.69) is 155 Å². The Morgan fingerprint density at radius 3 is 2.00 bits per heavy atom. The summed E-state index contributed by atoms with van der Waals surface area (Å²) >= 11 is 1.86. The zero-order valence-corrected chi connectivity index (χ0v) is 27.8. The van der Waals surface area contributed by atoms with Crippen molar-refractivity contribution in [3.8, 4) is 16.8 Å². The predicted octanol–water partition coefficient (Wildman–Crippen LogP) is 11.3. The fourth-order valence-electron chi connectivity index (χ4n) is 7.32. The maximum absolute atomic E-state index is 5.23. The van der Waals surface area contributed by atoms with Gasteiger partial charge in [-0.05, 0) is 53.1 Å². The van der Waals surface area contributed by atoms with E-state index in [-0.39, 0.29) is 6.17 Å². The van der Waals surface area contributed by atoms with E-state index in [4.69, 9.17) is 9.98 Å². The Kier molecular flexibility index (Phi) is 6.71. The minimum Gasteiger partial charge on any atom is -0.344 e. The second kappa shape index (κ2) is 11.7. The second-order valence-corrected chi connectivity index (χ2v) is 13.7. The van der Waals surface area contributed by atoms with Crippen molar-refractivity contribution in [1.82, 2.24) is 9.88 Å². The summed E-state index contributed by atoms with van der Waals surface area (Å²) in [5, 5.41) is 8.81. The molecule has 1 unspecified atom stereocenters. The number of thiophene rings is 1. The maximum Gasteiger partial charge on any atom is 0.159 e. The van der Waals surface area contributed by atoms with Gasteiger partial charge in [-0.2, -0.15) is 0 Å². The van der Waals surface area contributed by atoms with Crippen molar-refractivity contribution in [3.05, 3.63) is 187 Å². The summed E-state index contributed by atoms with van der Waals surface area (Å²) in [6, 6.07) is 60.2. The minimum atomic E-state index is -0.292. The Morgan fingerprint density at radius 2 is 1.18 bits per heavy atom. The second-order valence-electron chi connectivity index (χ2n) is 12.6. The third kappa shape index (κ3) is 4.74. The van der Waals surface area contributed by atoms with Crippen molar-refractivity contribution in [3.63, 3.8) is 0 Å². The van der Waals surface area contributed by atoms with Crippen LogP contribution in [0.2, 0.25) is 0 Å². The van der Waals surface area contributed by atoms with Crippen LogP contribution in [0.25, 0.3) is 58.8 Å². The van der Waals surface area contributed by atoms with Crippen LogP contribution in [-0.4, -0.2) is 16.2 Å². The number of nitrogens with one attached hydrogen (secondary N) is 1. The average molecular weight is 659 g/mol. The molecule has 50 heavy (non-hydrogen) atoms. The summed E-state index contributed by atoms with van der Waals surface area (Å²) in [4.78, 5) is 10.4. The summed E-state index contributed by atoms with van der Waals surface area (Å²) in [6.45, 7) is 0. The smallest absolute Gasteiger partial charge is 0.159 e. The van der Waals surface area contributed by atoms with Gasteiger partial charge in [-0.1, -0.05) is 133 Å². The zero-order chi connectivity index (χ0) is 33.0. The molecule has 1 atom stereocenters. The lowest BCUT2D eigenvalue weighted by molar-refractivity contribution is 0.674. The Balaban J connectivity index is 1.12. The molecule has 5 heteroatoms. The molecule has 9 aromatic rings. The first-order valence-corrected chi connectivity index (χ1v) is 17.7. The van der Waals surface area contributed by atoms with Crippen molar-refractivity contribution >= 4 is 65.0 Å². The van der Waals surface area contributed by atoms with Crippen LogP contribution in [-0.2, 0) is 0 Å². The van der Waals surface area contributed by atoms with Gasteiger partial charge in [0.15, 0.2) is 5.84 Å². The van der Waals surface area contributed by atoms with Crippen molar-refractivity contribution in [1.29, 1.82) is 0 Å². The molecule has 0 saturated carbocycles. The highest BCUT2D eigenvalue weighted by Gasteiger charge is 2.22. The molecular weight excluding hydrogens is 629 g/mol. The molecule has 0 radical (unpaired) electrons. The molecule has 10 rings (SSSR count). The summed E-state index contributed by atoms with van der Waals surface area (Å²) in [5.41, 5.74) is 8.90. The number of benzene rings is 7. The molecule has 7 aromatic carbocycles. The van der Waals surface area contributed by atoms with Gasteiger partial charge < -0.3 is 9.88 Å². The van der Waals surface area contributed by atoms with Gasteiger partial charge in [-0.3, -0.25) is 0 Å². The number of hydrogen-bond donors (Lipinski definition) is 1. The normalized spacial score (nSPS) is 14.6. The topological polar surface area (TPSA) is 41.7 Å². The lowest BCUT2D eigenvalue weighted by Crippen LogP contribution is -2.33. The fourth-order valence-corrected chi connectivity index (χ4v) is 8.43. The Hall–Kier alpha value is -6.30. The van der Waals surface area contributed by atoms with Crippen LogP contribution in [0.5, 0.6) is 0 Å². The summed E-state index contributed by atoms with van der Waals surface area (Å²) < 4.78 is 5.02. The van der Waals surface area contributed by atoms with E-state index in [1.165, 1.54) is 53.1 Å².